The van der Waals surface area contributed by atoms with E-state index in [-0.39, 0.29) is 12.0 Å². The van der Waals surface area contributed by atoms with Crippen LogP contribution in [0.25, 0.3) is 0 Å². The van der Waals surface area contributed by atoms with Gasteiger partial charge in [-0.1, -0.05) is 63.1 Å². The van der Waals surface area contributed by atoms with Gasteiger partial charge in [0, 0.05) is 5.92 Å². The molecule has 7 atom stereocenters. The standard InChI is InChI=1S/C28H46O2/c1-19-10-14-24(29)18-23(19)13-12-22-8-7-17-28(6)25(15-16-26(22)28)20(2)9-11-21(3)27(4,5)30/h9,11-13,19-21,24-26,29-30H,7-8,10,14-18H2,1-6H3. The third kappa shape index (κ3) is 5.13. The van der Waals surface area contributed by atoms with E-state index in [1.807, 2.05) is 13.8 Å². The van der Waals surface area contributed by atoms with E-state index in [0.29, 0.717) is 23.2 Å². The fourth-order valence-electron chi connectivity index (χ4n) is 6.50. The third-order valence-electron chi connectivity index (χ3n) is 9.04. The lowest BCUT2D eigenvalue weighted by Gasteiger charge is -2.44. The van der Waals surface area contributed by atoms with Crippen LogP contribution in [0.1, 0.15) is 92.9 Å². The zero-order chi connectivity index (χ0) is 22.1. The lowest BCUT2D eigenvalue weighted by atomic mass is 9.61. The van der Waals surface area contributed by atoms with Crippen molar-refractivity contribution in [2.45, 2.75) is 105 Å². The molecule has 0 heterocycles. The molecule has 2 N–H and O–H groups in total. The minimum Gasteiger partial charge on any atom is -0.393 e. The van der Waals surface area contributed by atoms with Crippen LogP contribution >= 0.6 is 0 Å². The SMILES string of the molecule is CC1CCC(O)CC1=CC=C1CCCC2(C)C1CCC2C(C)C=CC(C)C(C)(C)O. The number of aliphatic hydroxyl groups is 2. The first-order chi connectivity index (χ1) is 14.0. The van der Waals surface area contributed by atoms with Gasteiger partial charge in [-0.25, -0.2) is 0 Å². The molecule has 0 amide bonds. The Balaban J connectivity index is 1.74. The quantitative estimate of drug-likeness (QED) is 0.484. The first-order valence-corrected chi connectivity index (χ1v) is 12.5. The number of fused-ring (bicyclic) bond motifs is 1. The fourth-order valence-corrected chi connectivity index (χ4v) is 6.50. The second-order valence-corrected chi connectivity index (χ2v) is 11.6. The van der Waals surface area contributed by atoms with E-state index >= 15 is 0 Å². The topological polar surface area (TPSA) is 40.5 Å². The Morgan fingerprint density at radius 2 is 1.73 bits per heavy atom. The molecule has 3 aliphatic carbocycles. The Bertz CT molecular complexity index is 679. The molecular weight excluding hydrogens is 368 g/mol. The van der Waals surface area contributed by atoms with E-state index in [0.717, 1.165) is 25.2 Å². The molecule has 30 heavy (non-hydrogen) atoms. The predicted octanol–water partition coefficient (Wildman–Crippen LogP) is 6.84. The molecule has 3 rings (SSSR count). The highest BCUT2D eigenvalue weighted by atomic mass is 16.3. The van der Waals surface area contributed by atoms with Crippen LogP contribution in [0.2, 0.25) is 0 Å². The molecule has 0 aromatic rings. The normalized spacial score (nSPS) is 40.1. The molecule has 2 nitrogen and oxygen atoms in total. The first-order valence-electron chi connectivity index (χ1n) is 12.5. The maximum absolute atomic E-state index is 10.3. The second kappa shape index (κ2) is 9.33. The molecule has 0 aromatic heterocycles. The van der Waals surface area contributed by atoms with E-state index in [1.54, 1.807) is 5.57 Å². The average molecular weight is 415 g/mol. The predicted molar refractivity (Wildman–Crippen MR) is 127 cm³/mol. The zero-order valence-corrected chi connectivity index (χ0v) is 20.3. The van der Waals surface area contributed by atoms with Gasteiger partial charge >= 0.3 is 0 Å². The monoisotopic (exact) mass is 414 g/mol. The largest absolute Gasteiger partial charge is 0.393 e. The summed E-state index contributed by atoms with van der Waals surface area (Å²) in [6.07, 6.45) is 18.7. The van der Waals surface area contributed by atoms with Crippen molar-refractivity contribution in [3.8, 4) is 0 Å². The highest BCUT2D eigenvalue weighted by molar-refractivity contribution is 5.27. The lowest BCUT2D eigenvalue weighted by molar-refractivity contribution is 0.0436. The summed E-state index contributed by atoms with van der Waals surface area (Å²) in [4.78, 5) is 0. The van der Waals surface area contributed by atoms with Crippen LogP contribution in [0.4, 0.5) is 0 Å². The average Bonchev–Trinajstić information content (AvgIpc) is 3.03. The van der Waals surface area contributed by atoms with Gasteiger partial charge in [0.05, 0.1) is 11.7 Å². The maximum Gasteiger partial charge on any atom is 0.0651 e. The third-order valence-corrected chi connectivity index (χ3v) is 9.04. The van der Waals surface area contributed by atoms with E-state index < -0.39 is 5.60 Å². The van der Waals surface area contributed by atoms with Gasteiger partial charge in [0.25, 0.3) is 0 Å². The van der Waals surface area contributed by atoms with E-state index in [2.05, 4.69) is 52.0 Å². The molecular formula is C28H46O2. The van der Waals surface area contributed by atoms with E-state index in [1.165, 1.54) is 37.7 Å². The highest BCUT2D eigenvalue weighted by Gasteiger charge is 2.50. The summed E-state index contributed by atoms with van der Waals surface area (Å²) < 4.78 is 0. The van der Waals surface area contributed by atoms with Crippen LogP contribution in [0.5, 0.6) is 0 Å². The number of rotatable bonds is 5. The zero-order valence-electron chi connectivity index (χ0n) is 20.3. The van der Waals surface area contributed by atoms with Crippen molar-refractivity contribution in [2.24, 2.45) is 35.0 Å². The van der Waals surface area contributed by atoms with E-state index in [9.17, 15) is 10.2 Å². The van der Waals surface area contributed by atoms with Crippen LogP contribution in [-0.2, 0) is 0 Å². The van der Waals surface area contributed by atoms with Crippen LogP contribution in [0.3, 0.4) is 0 Å². The molecule has 0 saturated heterocycles. The summed E-state index contributed by atoms with van der Waals surface area (Å²) in [6.45, 7) is 13.2. The minimum atomic E-state index is -0.656. The second-order valence-electron chi connectivity index (χ2n) is 11.6. The Morgan fingerprint density at radius 1 is 1.03 bits per heavy atom. The highest BCUT2D eigenvalue weighted by Crippen LogP contribution is 2.59. The van der Waals surface area contributed by atoms with Crippen LogP contribution in [0, 0.1) is 35.0 Å². The number of allylic oxidation sites excluding steroid dienone is 4. The Kier molecular flexibility index (Phi) is 7.40. The van der Waals surface area contributed by atoms with Crippen LogP contribution in [0.15, 0.2) is 35.5 Å². The van der Waals surface area contributed by atoms with Gasteiger partial charge in [-0.15, -0.1) is 0 Å². The van der Waals surface area contributed by atoms with Gasteiger partial charge in [-0.2, -0.15) is 0 Å². The van der Waals surface area contributed by atoms with Gasteiger partial charge in [-0.3, -0.25) is 0 Å². The molecule has 7 unspecified atom stereocenters. The van der Waals surface area contributed by atoms with Crippen molar-refractivity contribution < 1.29 is 10.2 Å². The fraction of sp³-hybridized carbons (Fsp3) is 0.786. The van der Waals surface area contributed by atoms with Crippen molar-refractivity contribution in [1.29, 1.82) is 0 Å². The summed E-state index contributed by atoms with van der Waals surface area (Å²) in [6, 6.07) is 0. The van der Waals surface area contributed by atoms with Crippen molar-refractivity contribution >= 4 is 0 Å². The van der Waals surface area contributed by atoms with Crippen molar-refractivity contribution in [3.63, 3.8) is 0 Å². The summed E-state index contributed by atoms with van der Waals surface area (Å²) in [5, 5.41) is 20.3. The van der Waals surface area contributed by atoms with Crippen LogP contribution in [-0.4, -0.2) is 21.9 Å². The van der Waals surface area contributed by atoms with Crippen molar-refractivity contribution in [1.82, 2.24) is 0 Å². The molecule has 3 saturated carbocycles. The van der Waals surface area contributed by atoms with Gasteiger partial charge in [-0.05, 0) is 94.3 Å². The molecule has 2 heteroatoms. The van der Waals surface area contributed by atoms with E-state index in [4.69, 9.17) is 0 Å². The molecule has 0 radical (unpaired) electrons. The van der Waals surface area contributed by atoms with Gasteiger partial charge in [0.15, 0.2) is 0 Å². The molecule has 170 valence electrons. The molecule has 0 aliphatic heterocycles. The minimum absolute atomic E-state index is 0.141. The molecule has 3 fully saturated rings. The van der Waals surface area contributed by atoms with Crippen molar-refractivity contribution in [3.05, 3.63) is 35.5 Å². The summed E-state index contributed by atoms with van der Waals surface area (Å²) in [5.74, 6) is 2.76. The Hall–Kier alpha value is -0.860. The van der Waals surface area contributed by atoms with Crippen LogP contribution < -0.4 is 0 Å². The smallest absolute Gasteiger partial charge is 0.0651 e. The van der Waals surface area contributed by atoms with Gasteiger partial charge < -0.3 is 10.2 Å². The number of hydrogen-bond donors (Lipinski definition) is 2. The molecule has 0 spiro atoms. The van der Waals surface area contributed by atoms with Gasteiger partial charge in [0.1, 0.15) is 0 Å². The van der Waals surface area contributed by atoms with Crippen molar-refractivity contribution in [2.75, 3.05) is 0 Å². The number of hydrogen-bond acceptors (Lipinski definition) is 2. The summed E-state index contributed by atoms with van der Waals surface area (Å²) >= 11 is 0. The maximum atomic E-state index is 10.3. The Morgan fingerprint density at radius 3 is 2.43 bits per heavy atom. The first kappa shape index (κ1) is 23.8. The number of aliphatic hydroxyl groups excluding tert-OH is 1. The Labute approximate surface area is 185 Å². The summed E-state index contributed by atoms with van der Waals surface area (Å²) in [7, 11) is 0. The molecule has 0 aromatic carbocycles. The molecule has 3 aliphatic rings. The summed E-state index contributed by atoms with van der Waals surface area (Å²) in [5.41, 5.74) is 2.84. The molecule has 0 bridgehead atoms. The van der Waals surface area contributed by atoms with Gasteiger partial charge in [0.2, 0.25) is 0 Å². The lowest BCUT2D eigenvalue weighted by Crippen LogP contribution is -2.35.